The molecule has 1 aliphatic rings. The zero-order valence-corrected chi connectivity index (χ0v) is 12.5. The van der Waals surface area contributed by atoms with Gasteiger partial charge < -0.3 is 15.8 Å². The Morgan fingerprint density at radius 3 is 2.89 bits per heavy atom. The average molecular weight is 279 g/mol. The molecule has 1 aliphatic carbocycles. The third-order valence-corrected chi connectivity index (χ3v) is 4.28. The standard InChI is InChI=1S/C14H21N3OS/c1-4-5-9-6-10(9)17-14-13(18-8(2)3)12(16)11(7-15)19-14/h8-10,17H,4-6,16H2,1-3H3. The van der Waals surface area contributed by atoms with Gasteiger partial charge in [0.15, 0.2) is 5.75 Å². The summed E-state index contributed by atoms with van der Waals surface area (Å²) in [5, 5.41) is 13.5. The number of nitrogens with one attached hydrogen (secondary N) is 1. The first-order chi connectivity index (χ1) is 9.06. The van der Waals surface area contributed by atoms with E-state index in [0.717, 1.165) is 10.9 Å². The predicted molar refractivity (Wildman–Crippen MR) is 79.6 cm³/mol. The van der Waals surface area contributed by atoms with Crippen molar-refractivity contribution in [3.8, 4) is 11.8 Å². The highest BCUT2D eigenvalue weighted by Gasteiger charge is 2.37. The minimum Gasteiger partial charge on any atom is -0.486 e. The summed E-state index contributed by atoms with van der Waals surface area (Å²) in [5.41, 5.74) is 6.44. The van der Waals surface area contributed by atoms with Gasteiger partial charge in [-0.2, -0.15) is 5.26 Å². The Morgan fingerprint density at radius 2 is 2.32 bits per heavy atom. The second kappa shape index (κ2) is 5.70. The molecule has 3 N–H and O–H groups in total. The minimum absolute atomic E-state index is 0.0506. The predicted octanol–water partition coefficient (Wildman–Crippen LogP) is 3.59. The van der Waals surface area contributed by atoms with Crippen LogP contribution in [0.4, 0.5) is 10.7 Å². The smallest absolute Gasteiger partial charge is 0.178 e. The number of nitrogens with two attached hydrogens (primary N) is 1. The van der Waals surface area contributed by atoms with Gasteiger partial charge in [0.05, 0.1) is 6.10 Å². The van der Waals surface area contributed by atoms with E-state index in [1.165, 1.54) is 30.6 Å². The lowest BCUT2D eigenvalue weighted by atomic mass is 10.2. The first kappa shape index (κ1) is 14.0. The molecule has 2 atom stereocenters. The Labute approximate surface area is 118 Å². The Hall–Kier alpha value is -1.41. The summed E-state index contributed by atoms with van der Waals surface area (Å²) < 4.78 is 5.75. The first-order valence-electron chi connectivity index (χ1n) is 6.82. The van der Waals surface area contributed by atoms with Gasteiger partial charge in [-0.05, 0) is 32.6 Å². The molecule has 0 spiro atoms. The van der Waals surface area contributed by atoms with Crippen molar-refractivity contribution in [3.63, 3.8) is 0 Å². The number of anilines is 2. The fraction of sp³-hybridized carbons (Fsp3) is 0.643. The molecular weight excluding hydrogens is 258 g/mol. The number of thiophene rings is 1. The number of rotatable bonds is 6. The molecule has 2 rings (SSSR count). The summed E-state index contributed by atoms with van der Waals surface area (Å²) in [6, 6.07) is 2.65. The van der Waals surface area contributed by atoms with Crippen LogP contribution in [0, 0.1) is 17.2 Å². The SMILES string of the molecule is CCCC1CC1Nc1sc(C#N)c(N)c1OC(C)C. The van der Waals surface area contributed by atoms with Crippen molar-refractivity contribution in [2.24, 2.45) is 5.92 Å². The summed E-state index contributed by atoms with van der Waals surface area (Å²) in [7, 11) is 0. The van der Waals surface area contributed by atoms with E-state index >= 15 is 0 Å². The second-order valence-electron chi connectivity index (χ2n) is 5.32. The van der Waals surface area contributed by atoms with Gasteiger partial charge in [0, 0.05) is 6.04 Å². The van der Waals surface area contributed by atoms with Gasteiger partial charge >= 0.3 is 0 Å². The molecule has 1 fully saturated rings. The Morgan fingerprint density at radius 1 is 1.58 bits per heavy atom. The molecule has 5 heteroatoms. The molecule has 0 bridgehead atoms. The van der Waals surface area contributed by atoms with Crippen molar-refractivity contribution in [1.29, 1.82) is 5.26 Å². The summed E-state index contributed by atoms with van der Waals surface area (Å²) in [4.78, 5) is 0.533. The van der Waals surface area contributed by atoms with Gasteiger partial charge in [0.25, 0.3) is 0 Å². The van der Waals surface area contributed by atoms with E-state index in [1.807, 2.05) is 13.8 Å². The number of nitrogen functional groups attached to an aromatic ring is 1. The van der Waals surface area contributed by atoms with Crippen molar-refractivity contribution in [2.45, 2.75) is 52.2 Å². The van der Waals surface area contributed by atoms with E-state index in [4.69, 9.17) is 15.7 Å². The molecule has 1 heterocycles. The maximum absolute atomic E-state index is 9.07. The van der Waals surface area contributed by atoms with Crippen LogP contribution in [-0.2, 0) is 0 Å². The zero-order chi connectivity index (χ0) is 14.0. The van der Waals surface area contributed by atoms with Crippen LogP contribution < -0.4 is 15.8 Å². The van der Waals surface area contributed by atoms with E-state index in [0.29, 0.717) is 22.4 Å². The van der Waals surface area contributed by atoms with Crippen molar-refractivity contribution in [3.05, 3.63) is 4.88 Å². The van der Waals surface area contributed by atoms with E-state index in [-0.39, 0.29) is 6.10 Å². The molecule has 0 radical (unpaired) electrons. The Balaban J connectivity index is 2.13. The first-order valence-corrected chi connectivity index (χ1v) is 7.64. The monoisotopic (exact) mass is 279 g/mol. The van der Waals surface area contributed by atoms with E-state index in [2.05, 4.69) is 18.3 Å². The number of nitrogens with zero attached hydrogens (tertiary/aromatic N) is 1. The third-order valence-electron chi connectivity index (χ3n) is 3.25. The summed E-state index contributed by atoms with van der Waals surface area (Å²) in [5.74, 6) is 1.41. The Bertz CT molecular complexity index is 490. The summed E-state index contributed by atoms with van der Waals surface area (Å²) >= 11 is 1.39. The number of hydrogen-bond acceptors (Lipinski definition) is 5. The Kier molecular flexibility index (Phi) is 4.20. The van der Waals surface area contributed by atoms with Crippen molar-refractivity contribution in [2.75, 3.05) is 11.1 Å². The van der Waals surface area contributed by atoms with Gasteiger partial charge in [-0.15, -0.1) is 11.3 Å². The molecule has 0 amide bonds. The second-order valence-corrected chi connectivity index (χ2v) is 6.34. The lowest BCUT2D eigenvalue weighted by molar-refractivity contribution is 0.246. The quantitative estimate of drug-likeness (QED) is 0.834. The van der Waals surface area contributed by atoms with Crippen LogP contribution in [0.3, 0.4) is 0 Å². The van der Waals surface area contributed by atoms with Gasteiger partial charge in [0.1, 0.15) is 21.6 Å². The van der Waals surface area contributed by atoms with Crippen molar-refractivity contribution in [1.82, 2.24) is 0 Å². The molecular formula is C14H21N3OS. The molecule has 2 unspecified atom stereocenters. The van der Waals surface area contributed by atoms with Gasteiger partial charge in [-0.1, -0.05) is 13.3 Å². The van der Waals surface area contributed by atoms with Crippen LogP contribution in [0.25, 0.3) is 0 Å². The molecule has 0 aromatic carbocycles. The summed E-state index contributed by atoms with van der Waals surface area (Å²) in [6.07, 6.45) is 3.72. The normalized spacial score (nSPS) is 21.2. The van der Waals surface area contributed by atoms with E-state index in [9.17, 15) is 0 Å². The zero-order valence-electron chi connectivity index (χ0n) is 11.7. The molecule has 104 valence electrons. The largest absolute Gasteiger partial charge is 0.486 e. The highest BCUT2D eigenvalue weighted by Crippen LogP contribution is 2.46. The van der Waals surface area contributed by atoms with E-state index in [1.54, 1.807) is 0 Å². The highest BCUT2D eigenvalue weighted by molar-refractivity contribution is 7.17. The molecule has 1 aromatic rings. The van der Waals surface area contributed by atoms with Crippen LogP contribution in [0.5, 0.6) is 5.75 Å². The molecule has 0 saturated heterocycles. The van der Waals surface area contributed by atoms with Gasteiger partial charge in [0.2, 0.25) is 0 Å². The van der Waals surface area contributed by atoms with Gasteiger partial charge in [-0.25, -0.2) is 0 Å². The van der Waals surface area contributed by atoms with Crippen LogP contribution in [0.15, 0.2) is 0 Å². The van der Waals surface area contributed by atoms with Crippen LogP contribution in [0.2, 0.25) is 0 Å². The topological polar surface area (TPSA) is 71.1 Å². The molecule has 19 heavy (non-hydrogen) atoms. The lowest BCUT2D eigenvalue weighted by Crippen LogP contribution is -2.10. The fourth-order valence-corrected chi connectivity index (χ4v) is 3.16. The summed E-state index contributed by atoms with van der Waals surface area (Å²) in [6.45, 7) is 6.13. The minimum atomic E-state index is 0.0506. The van der Waals surface area contributed by atoms with Crippen LogP contribution in [-0.4, -0.2) is 12.1 Å². The van der Waals surface area contributed by atoms with Crippen molar-refractivity contribution < 1.29 is 4.74 Å². The average Bonchev–Trinajstić information content (AvgIpc) is 3.02. The number of ether oxygens (including phenoxy) is 1. The van der Waals surface area contributed by atoms with Crippen LogP contribution in [0.1, 0.15) is 44.9 Å². The fourth-order valence-electron chi connectivity index (χ4n) is 2.24. The maximum atomic E-state index is 9.07. The molecule has 1 saturated carbocycles. The maximum Gasteiger partial charge on any atom is 0.178 e. The van der Waals surface area contributed by atoms with E-state index < -0.39 is 0 Å². The molecule has 1 aromatic heterocycles. The van der Waals surface area contributed by atoms with Crippen molar-refractivity contribution >= 4 is 22.0 Å². The molecule has 4 nitrogen and oxygen atoms in total. The number of hydrogen-bond donors (Lipinski definition) is 2. The highest BCUT2D eigenvalue weighted by atomic mass is 32.1. The third kappa shape index (κ3) is 3.13. The lowest BCUT2D eigenvalue weighted by Gasteiger charge is -2.12. The molecule has 0 aliphatic heterocycles. The van der Waals surface area contributed by atoms with Crippen LogP contribution >= 0.6 is 11.3 Å². The number of nitriles is 1. The van der Waals surface area contributed by atoms with Gasteiger partial charge in [-0.3, -0.25) is 0 Å².